The van der Waals surface area contributed by atoms with Gasteiger partial charge >= 0.3 is 13.8 Å². The summed E-state index contributed by atoms with van der Waals surface area (Å²) in [5, 5.41) is 50.0. The summed E-state index contributed by atoms with van der Waals surface area (Å²) in [6.45, 7) is 4.25. The number of rotatable bonds is 34. The SMILES string of the molecule is CCCCCCCCCCCCCCOC[C@H](COP(=O)(O)OC1C(O)C(O)C(O)[C@@H](O)C1O)OC(=O)CCCCCCCCCCCCCC. The van der Waals surface area contributed by atoms with Crippen LogP contribution in [-0.2, 0) is 27.9 Å². The molecule has 0 spiro atoms. The zero-order valence-electron chi connectivity index (χ0n) is 31.9. The van der Waals surface area contributed by atoms with Crippen LogP contribution < -0.4 is 0 Å². The van der Waals surface area contributed by atoms with E-state index in [1.54, 1.807) is 0 Å². The average Bonchev–Trinajstić information content (AvgIpc) is 3.11. The first kappa shape index (κ1) is 48.4. The normalized spacial score (nSPS) is 24.0. The van der Waals surface area contributed by atoms with Gasteiger partial charge in [-0.25, -0.2) is 4.57 Å². The Morgan fingerprint density at radius 1 is 0.549 bits per heavy atom. The number of aliphatic hydroxyl groups excluding tert-OH is 5. The van der Waals surface area contributed by atoms with Gasteiger partial charge in [-0.05, 0) is 12.8 Å². The minimum Gasteiger partial charge on any atom is -0.457 e. The van der Waals surface area contributed by atoms with Crippen molar-refractivity contribution in [3.63, 3.8) is 0 Å². The van der Waals surface area contributed by atoms with E-state index in [0.29, 0.717) is 13.0 Å². The van der Waals surface area contributed by atoms with Crippen LogP contribution in [0.1, 0.15) is 174 Å². The molecule has 0 heterocycles. The fourth-order valence-corrected chi connectivity index (χ4v) is 7.39. The van der Waals surface area contributed by atoms with E-state index in [-0.39, 0.29) is 13.0 Å². The lowest BCUT2D eigenvalue weighted by atomic mass is 9.85. The molecule has 0 aromatic carbocycles. The summed E-state index contributed by atoms with van der Waals surface area (Å²) < 4.78 is 34.0. The van der Waals surface area contributed by atoms with E-state index < -0.39 is 63.1 Å². The number of esters is 1. The molecule has 6 unspecified atom stereocenters. The molecule has 1 rings (SSSR count). The summed E-state index contributed by atoms with van der Waals surface area (Å²) in [6.07, 6.45) is 16.1. The topological polar surface area (TPSA) is 192 Å². The smallest absolute Gasteiger partial charge is 0.457 e. The number of aliphatic hydroxyl groups is 5. The Hall–Kier alpha value is -0.660. The van der Waals surface area contributed by atoms with Crippen molar-refractivity contribution in [2.75, 3.05) is 19.8 Å². The summed E-state index contributed by atoms with van der Waals surface area (Å²) in [4.78, 5) is 23.0. The van der Waals surface area contributed by atoms with Crippen molar-refractivity contribution in [2.45, 2.75) is 217 Å². The molecule has 8 atom stereocenters. The van der Waals surface area contributed by atoms with Gasteiger partial charge in [0.15, 0.2) is 0 Å². The minimum absolute atomic E-state index is 0.0689. The van der Waals surface area contributed by atoms with E-state index in [2.05, 4.69) is 13.8 Å². The molecule has 1 aliphatic rings. The first-order chi connectivity index (χ1) is 24.5. The van der Waals surface area contributed by atoms with Crippen LogP contribution in [-0.4, -0.2) is 98.9 Å². The standard InChI is InChI=1S/C38H75O12P/c1-3-5-7-9-11-13-15-17-19-21-23-25-27-32(39)49-31(29-47-28-26-24-22-20-18-16-14-12-10-8-6-4-2)30-48-51(45,46)50-38-36(43)34(41)33(40)35(42)37(38)44/h31,33-38,40-44H,3-30H2,1-2H3,(H,45,46)/t31-,33?,34-,35?,36?,37?,38?/m1/s1. The summed E-state index contributed by atoms with van der Waals surface area (Å²) >= 11 is 0. The van der Waals surface area contributed by atoms with Gasteiger partial charge in [-0.15, -0.1) is 0 Å². The van der Waals surface area contributed by atoms with E-state index in [0.717, 1.165) is 38.5 Å². The second-order valence-corrected chi connectivity index (χ2v) is 15.9. The lowest BCUT2D eigenvalue weighted by molar-refractivity contribution is -0.220. The molecule has 0 amide bonds. The Kier molecular flexibility index (Phi) is 29.1. The largest absolute Gasteiger partial charge is 0.472 e. The highest BCUT2D eigenvalue weighted by molar-refractivity contribution is 7.47. The maximum atomic E-state index is 12.7. The molecule has 0 radical (unpaired) electrons. The van der Waals surface area contributed by atoms with Gasteiger partial charge in [0.1, 0.15) is 42.7 Å². The lowest BCUT2D eigenvalue weighted by Crippen LogP contribution is -2.64. The maximum absolute atomic E-state index is 12.7. The number of hydrogen-bond donors (Lipinski definition) is 6. The van der Waals surface area contributed by atoms with E-state index in [1.165, 1.54) is 109 Å². The summed E-state index contributed by atoms with van der Waals surface area (Å²) in [6, 6.07) is 0. The van der Waals surface area contributed by atoms with Crippen molar-refractivity contribution in [1.82, 2.24) is 0 Å². The third kappa shape index (κ3) is 23.7. The summed E-state index contributed by atoms with van der Waals surface area (Å²) in [5.41, 5.74) is 0. The average molecular weight is 755 g/mol. The molecule has 1 saturated carbocycles. The number of unbranched alkanes of at least 4 members (excludes halogenated alkanes) is 22. The fourth-order valence-electron chi connectivity index (χ4n) is 6.41. The van der Waals surface area contributed by atoms with Gasteiger partial charge in [0.05, 0.1) is 13.2 Å². The molecule has 0 aromatic heterocycles. The molecule has 0 saturated heterocycles. The van der Waals surface area contributed by atoms with Gasteiger partial charge < -0.3 is 39.9 Å². The molecule has 12 nitrogen and oxygen atoms in total. The maximum Gasteiger partial charge on any atom is 0.472 e. The van der Waals surface area contributed by atoms with Crippen molar-refractivity contribution in [3.8, 4) is 0 Å². The number of phosphoric ester groups is 1. The van der Waals surface area contributed by atoms with E-state index in [9.17, 15) is 39.8 Å². The van der Waals surface area contributed by atoms with E-state index in [1.807, 2.05) is 0 Å². The molecule has 0 bridgehead atoms. The molecule has 6 N–H and O–H groups in total. The number of carbonyl (C=O) groups is 1. The molecule has 13 heteroatoms. The molecule has 0 aromatic rings. The van der Waals surface area contributed by atoms with Gasteiger partial charge in [-0.3, -0.25) is 13.8 Å². The lowest BCUT2D eigenvalue weighted by Gasteiger charge is -2.41. The molecule has 304 valence electrons. The first-order valence-electron chi connectivity index (χ1n) is 20.4. The van der Waals surface area contributed by atoms with Crippen molar-refractivity contribution in [1.29, 1.82) is 0 Å². The van der Waals surface area contributed by atoms with Gasteiger partial charge in [0.25, 0.3) is 0 Å². The van der Waals surface area contributed by atoms with Crippen LogP contribution in [0.2, 0.25) is 0 Å². The summed E-state index contributed by atoms with van der Waals surface area (Å²) in [5.74, 6) is -0.475. The second-order valence-electron chi connectivity index (χ2n) is 14.5. The van der Waals surface area contributed by atoms with Gasteiger partial charge in [0, 0.05) is 13.0 Å². The zero-order valence-corrected chi connectivity index (χ0v) is 32.8. The van der Waals surface area contributed by atoms with Crippen LogP contribution in [0.3, 0.4) is 0 Å². The number of hydrogen-bond acceptors (Lipinski definition) is 11. The molecule has 1 fully saturated rings. The Morgan fingerprint density at radius 3 is 1.35 bits per heavy atom. The molecular weight excluding hydrogens is 679 g/mol. The number of phosphoric acid groups is 1. The molecule has 1 aliphatic carbocycles. The fraction of sp³-hybridized carbons (Fsp3) is 0.974. The van der Waals surface area contributed by atoms with E-state index in [4.69, 9.17) is 18.5 Å². The van der Waals surface area contributed by atoms with Gasteiger partial charge in [0.2, 0.25) is 0 Å². The minimum atomic E-state index is -5.00. The van der Waals surface area contributed by atoms with Crippen molar-refractivity contribution < 1.29 is 58.3 Å². The quantitative estimate of drug-likeness (QED) is 0.0224. The van der Waals surface area contributed by atoms with Crippen LogP contribution in [0.5, 0.6) is 0 Å². The highest BCUT2D eigenvalue weighted by Gasteiger charge is 2.51. The predicted molar refractivity (Wildman–Crippen MR) is 198 cm³/mol. The predicted octanol–water partition coefficient (Wildman–Crippen LogP) is 7.03. The Morgan fingerprint density at radius 2 is 0.922 bits per heavy atom. The van der Waals surface area contributed by atoms with Crippen LogP contribution in [0.4, 0.5) is 0 Å². The third-order valence-electron chi connectivity index (χ3n) is 9.73. The van der Waals surface area contributed by atoms with Gasteiger partial charge in [-0.1, -0.05) is 155 Å². The van der Waals surface area contributed by atoms with Crippen LogP contribution in [0.25, 0.3) is 0 Å². The first-order valence-corrected chi connectivity index (χ1v) is 21.9. The zero-order chi connectivity index (χ0) is 37.7. The van der Waals surface area contributed by atoms with Crippen molar-refractivity contribution in [3.05, 3.63) is 0 Å². The van der Waals surface area contributed by atoms with Crippen molar-refractivity contribution in [2.24, 2.45) is 0 Å². The monoisotopic (exact) mass is 754 g/mol. The molecule has 0 aliphatic heterocycles. The highest BCUT2D eigenvalue weighted by Crippen LogP contribution is 2.47. The molecular formula is C38H75O12P. The third-order valence-corrected chi connectivity index (χ3v) is 10.7. The Balaban J connectivity index is 2.45. The highest BCUT2D eigenvalue weighted by atomic mass is 31.2. The number of carbonyl (C=O) groups excluding carboxylic acids is 1. The summed E-state index contributed by atoms with van der Waals surface area (Å²) in [7, 11) is -5.00. The van der Waals surface area contributed by atoms with Gasteiger partial charge in [-0.2, -0.15) is 0 Å². The second kappa shape index (κ2) is 30.6. The number of ether oxygens (including phenoxy) is 2. The Bertz CT molecular complexity index is 864. The van der Waals surface area contributed by atoms with Crippen molar-refractivity contribution >= 4 is 13.8 Å². The van der Waals surface area contributed by atoms with Crippen LogP contribution >= 0.6 is 7.82 Å². The van der Waals surface area contributed by atoms with E-state index >= 15 is 0 Å². The van der Waals surface area contributed by atoms with Crippen LogP contribution in [0, 0.1) is 0 Å². The van der Waals surface area contributed by atoms with Crippen LogP contribution in [0.15, 0.2) is 0 Å². The molecule has 51 heavy (non-hydrogen) atoms. The Labute approximate surface area is 308 Å².